The number of hydrogen-bond donors (Lipinski definition) is 2. The lowest BCUT2D eigenvalue weighted by molar-refractivity contribution is 0.0634. The second-order valence-electron chi connectivity index (χ2n) is 8.61. The summed E-state index contributed by atoms with van der Waals surface area (Å²) in [6.07, 6.45) is 4.43. The molecule has 0 aliphatic carbocycles. The first-order valence-electron chi connectivity index (χ1n) is 11.6. The zero-order valence-electron chi connectivity index (χ0n) is 18.7. The Balaban J connectivity index is 1.12. The highest BCUT2D eigenvalue weighted by Crippen LogP contribution is 2.20. The molecule has 1 aliphatic rings. The van der Waals surface area contributed by atoms with Crippen molar-refractivity contribution in [2.75, 3.05) is 19.7 Å². The molecule has 2 aromatic carbocycles. The number of aromatic nitrogens is 2. The maximum atomic E-state index is 10.6. The third-order valence-corrected chi connectivity index (χ3v) is 6.20. The van der Waals surface area contributed by atoms with E-state index in [9.17, 15) is 5.11 Å². The van der Waals surface area contributed by atoms with E-state index in [-0.39, 0.29) is 6.61 Å². The number of rotatable bonds is 9. The number of fused-ring (bicyclic) bond motifs is 2. The van der Waals surface area contributed by atoms with Crippen molar-refractivity contribution in [3.05, 3.63) is 102 Å². The minimum Gasteiger partial charge on any atom is -0.491 e. The van der Waals surface area contributed by atoms with Crippen LogP contribution in [0.4, 0.5) is 0 Å². The average Bonchev–Trinajstić information content (AvgIpc) is 3.26. The molecule has 1 aliphatic heterocycles. The molecule has 6 nitrogen and oxygen atoms in total. The number of aliphatic hydroxyl groups excluding tert-OH is 1. The fourth-order valence-corrected chi connectivity index (χ4v) is 4.48. The van der Waals surface area contributed by atoms with E-state index in [2.05, 4.69) is 49.9 Å². The summed E-state index contributed by atoms with van der Waals surface area (Å²) in [6.45, 7) is 4.13. The quantitative estimate of drug-likeness (QED) is 0.416. The van der Waals surface area contributed by atoms with Crippen LogP contribution in [0.3, 0.4) is 0 Å². The van der Waals surface area contributed by atoms with Gasteiger partial charge in [-0.2, -0.15) is 0 Å². The lowest BCUT2D eigenvalue weighted by Gasteiger charge is -2.30. The molecule has 3 heterocycles. The highest BCUT2D eigenvalue weighted by molar-refractivity contribution is 5.40. The molecular formula is C27H30N4O2. The Bertz CT molecular complexity index is 1210. The lowest BCUT2D eigenvalue weighted by atomic mass is 10.00. The highest BCUT2D eigenvalue weighted by atomic mass is 16.5. The van der Waals surface area contributed by atoms with Gasteiger partial charge in [-0.05, 0) is 35.7 Å². The zero-order valence-corrected chi connectivity index (χ0v) is 18.7. The number of pyridine rings is 1. The third-order valence-electron chi connectivity index (χ3n) is 6.20. The minimum absolute atomic E-state index is 0.280. The van der Waals surface area contributed by atoms with Crippen molar-refractivity contribution in [2.45, 2.75) is 32.2 Å². The summed E-state index contributed by atoms with van der Waals surface area (Å²) >= 11 is 0. The summed E-state index contributed by atoms with van der Waals surface area (Å²) in [5, 5.41) is 14.1. The fourth-order valence-electron chi connectivity index (χ4n) is 4.48. The molecule has 4 aromatic rings. The number of nitrogens with one attached hydrogen (secondary N) is 1. The summed E-state index contributed by atoms with van der Waals surface area (Å²) in [7, 11) is 0. The second-order valence-corrected chi connectivity index (χ2v) is 8.61. The van der Waals surface area contributed by atoms with Crippen molar-refractivity contribution < 1.29 is 9.84 Å². The number of β-amino-alcohol motifs (C(OH)–C–C–N with tert-alkyl or cyclic N) is 1. The van der Waals surface area contributed by atoms with E-state index < -0.39 is 6.10 Å². The zero-order chi connectivity index (χ0) is 22.5. The molecule has 0 saturated carbocycles. The van der Waals surface area contributed by atoms with Gasteiger partial charge >= 0.3 is 0 Å². The molecule has 2 aromatic heterocycles. The molecule has 33 heavy (non-hydrogen) atoms. The Morgan fingerprint density at radius 3 is 2.73 bits per heavy atom. The molecule has 0 amide bonds. The molecule has 0 fully saturated rings. The van der Waals surface area contributed by atoms with Gasteiger partial charge in [0.15, 0.2) is 0 Å². The van der Waals surface area contributed by atoms with E-state index >= 15 is 0 Å². The van der Waals surface area contributed by atoms with Crippen molar-refractivity contribution in [2.24, 2.45) is 0 Å². The Labute approximate surface area is 194 Å². The predicted molar refractivity (Wildman–Crippen MR) is 129 cm³/mol. The summed E-state index contributed by atoms with van der Waals surface area (Å²) in [5.41, 5.74) is 5.92. The van der Waals surface area contributed by atoms with Crippen LogP contribution in [0.1, 0.15) is 22.4 Å². The van der Waals surface area contributed by atoms with Gasteiger partial charge in [-0.3, -0.25) is 4.90 Å². The molecule has 6 heteroatoms. The molecule has 0 radical (unpaired) electrons. The highest BCUT2D eigenvalue weighted by Gasteiger charge is 2.19. The van der Waals surface area contributed by atoms with Crippen LogP contribution in [-0.2, 0) is 26.1 Å². The summed E-state index contributed by atoms with van der Waals surface area (Å²) < 4.78 is 8.12. The average molecular weight is 443 g/mol. The van der Waals surface area contributed by atoms with E-state index in [4.69, 9.17) is 4.74 Å². The van der Waals surface area contributed by atoms with E-state index in [0.29, 0.717) is 19.6 Å². The Hall–Kier alpha value is -3.19. The van der Waals surface area contributed by atoms with Crippen LogP contribution in [0.15, 0.2) is 79.1 Å². The standard InChI is InChI=1S/C27H30N4O2/c32-25(19-30-14-12-21-7-1-2-9-23(21)18-30)20-33-26-10-4-3-8-22(26)15-28-16-24-17-29-27-11-5-6-13-31(24)27/h1-11,13,17,25,28,32H,12,14-16,18-20H2/t25-/m1/s1. The van der Waals surface area contributed by atoms with Crippen LogP contribution < -0.4 is 10.1 Å². The fraction of sp³-hybridized carbons (Fsp3) is 0.296. The number of ether oxygens (including phenoxy) is 1. The van der Waals surface area contributed by atoms with Crippen LogP contribution in [0.25, 0.3) is 5.65 Å². The summed E-state index contributed by atoms with van der Waals surface area (Å²) in [4.78, 5) is 6.74. The largest absolute Gasteiger partial charge is 0.491 e. The maximum Gasteiger partial charge on any atom is 0.136 e. The third kappa shape index (κ3) is 5.25. The second kappa shape index (κ2) is 10.2. The van der Waals surface area contributed by atoms with Crippen LogP contribution in [0, 0.1) is 0 Å². The van der Waals surface area contributed by atoms with E-state index in [1.165, 1.54) is 11.1 Å². The van der Waals surface area contributed by atoms with Crippen LogP contribution in [0.2, 0.25) is 0 Å². The van der Waals surface area contributed by atoms with Crippen LogP contribution >= 0.6 is 0 Å². The molecule has 2 N–H and O–H groups in total. The van der Waals surface area contributed by atoms with Crippen LogP contribution in [-0.4, -0.2) is 45.2 Å². The number of hydrogen-bond acceptors (Lipinski definition) is 5. The molecule has 170 valence electrons. The van der Waals surface area contributed by atoms with Gasteiger partial charge in [-0.15, -0.1) is 0 Å². The maximum absolute atomic E-state index is 10.6. The van der Waals surface area contributed by atoms with Crippen LogP contribution in [0.5, 0.6) is 5.75 Å². The Kier molecular flexibility index (Phi) is 6.67. The van der Waals surface area contributed by atoms with Crippen molar-refractivity contribution in [3.63, 3.8) is 0 Å². The number of benzene rings is 2. The van der Waals surface area contributed by atoms with Gasteiger partial charge in [-0.1, -0.05) is 48.5 Å². The molecule has 0 unspecified atom stereocenters. The smallest absolute Gasteiger partial charge is 0.136 e. The normalized spacial score (nSPS) is 14.8. The first-order valence-corrected chi connectivity index (χ1v) is 11.6. The van der Waals surface area contributed by atoms with E-state index in [1.54, 1.807) is 0 Å². The van der Waals surface area contributed by atoms with Crippen molar-refractivity contribution in [1.29, 1.82) is 0 Å². The first-order chi connectivity index (χ1) is 16.3. The number of aliphatic hydroxyl groups is 1. The van der Waals surface area contributed by atoms with Gasteiger partial charge in [0, 0.05) is 44.5 Å². The predicted octanol–water partition coefficient (Wildman–Crippen LogP) is 3.42. The molecule has 1 atom stereocenters. The molecular weight excluding hydrogens is 412 g/mol. The van der Waals surface area contributed by atoms with Gasteiger partial charge in [0.1, 0.15) is 24.1 Å². The monoisotopic (exact) mass is 442 g/mol. The number of para-hydroxylation sites is 1. The SMILES string of the molecule is O[C@@H](COc1ccccc1CNCc1cnc2ccccn12)CN1CCc2ccccc2C1. The Morgan fingerprint density at radius 2 is 1.79 bits per heavy atom. The van der Waals surface area contributed by atoms with E-state index in [0.717, 1.165) is 42.2 Å². The molecule has 0 saturated heterocycles. The first kappa shape index (κ1) is 21.6. The van der Waals surface area contributed by atoms with Gasteiger partial charge < -0.3 is 19.6 Å². The lowest BCUT2D eigenvalue weighted by Crippen LogP contribution is -2.38. The van der Waals surface area contributed by atoms with Crippen molar-refractivity contribution >= 4 is 5.65 Å². The number of nitrogens with zero attached hydrogens (tertiary/aromatic N) is 3. The number of imidazole rings is 1. The van der Waals surface area contributed by atoms with E-state index in [1.807, 2.05) is 48.8 Å². The molecule has 0 spiro atoms. The van der Waals surface area contributed by atoms with Crippen molar-refractivity contribution in [3.8, 4) is 5.75 Å². The van der Waals surface area contributed by atoms with Crippen molar-refractivity contribution in [1.82, 2.24) is 19.6 Å². The Morgan fingerprint density at radius 1 is 0.970 bits per heavy atom. The van der Waals surface area contributed by atoms with Gasteiger partial charge in [0.2, 0.25) is 0 Å². The van der Waals surface area contributed by atoms with Gasteiger partial charge in [0.25, 0.3) is 0 Å². The van der Waals surface area contributed by atoms with Gasteiger partial charge in [-0.25, -0.2) is 4.98 Å². The summed E-state index contributed by atoms with van der Waals surface area (Å²) in [5.74, 6) is 0.811. The minimum atomic E-state index is -0.533. The molecule has 0 bridgehead atoms. The topological polar surface area (TPSA) is 62.0 Å². The van der Waals surface area contributed by atoms with Gasteiger partial charge in [0.05, 0.1) is 11.9 Å². The summed E-state index contributed by atoms with van der Waals surface area (Å²) in [6, 6.07) is 22.6. The molecule has 5 rings (SSSR count).